The van der Waals surface area contributed by atoms with E-state index in [2.05, 4.69) is 209 Å². The summed E-state index contributed by atoms with van der Waals surface area (Å²) >= 11 is 1.87. The number of benzene rings is 8. The molecule has 2 aliphatic rings. The van der Waals surface area contributed by atoms with Crippen LogP contribution in [-0.4, -0.2) is 0 Å². The van der Waals surface area contributed by atoms with Gasteiger partial charge in [-0.2, -0.15) is 0 Å². The van der Waals surface area contributed by atoms with Crippen molar-refractivity contribution in [3.05, 3.63) is 198 Å². The van der Waals surface area contributed by atoms with Gasteiger partial charge < -0.3 is 4.90 Å². The van der Waals surface area contributed by atoms with Crippen molar-refractivity contribution in [2.45, 2.75) is 38.5 Å². The van der Waals surface area contributed by atoms with Crippen LogP contribution in [0.15, 0.2) is 176 Å². The second-order valence-corrected chi connectivity index (χ2v) is 17.6. The molecule has 0 aliphatic heterocycles. The molecule has 268 valence electrons. The Balaban J connectivity index is 1.08. The molecular formula is C54H41NS. The third-order valence-corrected chi connectivity index (χ3v) is 13.8. The first-order chi connectivity index (χ1) is 27.3. The number of thiophene rings is 1. The van der Waals surface area contributed by atoms with Crippen LogP contribution in [0, 0.1) is 0 Å². The molecule has 1 nitrogen and oxygen atoms in total. The highest BCUT2D eigenvalue weighted by Gasteiger charge is 2.38. The minimum Gasteiger partial charge on any atom is -0.310 e. The van der Waals surface area contributed by atoms with Crippen LogP contribution in [0.3, 0.4) is 0 Å². The SMILES string of the molecule is CC1(C)c2ccccc2-c2c(-c3ccc(N(c4cccc(-c5ccc6c(c5)sc5ccccc56)c4)c4cccc5c4-c4ccccc4C5(C)C)cc3)cccc21. The van der Waals surface area contributed by atoms with Gasteiger partial charge in [-0.3, -0.25) is 0 Å². The summed E-state index contributed by atoms with van der Waals surface area (Å²) in [6.45, 7) is 9.44. The van der Waals surface area contributed by atoms with Crippen molar-refractivity contribution < 1.29 is 0 Å². The smallest absolute Gasteiger partial charge is 0.0543 e. The van der Waals surface area contributed by atoms with Crippen LogP contribution in [0.25, 0.3) is 64.7 Å². The fourth-order valence-electron chi connectivity index (χ4n) is 9.86. The molecule has 0 unspecified atom stereocenters. The van der Waals surface area contributed by atoms with Crippen LogP contribution in [0.4, 0.5) is 17.1 Å². The van der Waals surface area contributed by atoms with Crippen molar-refractivity contribution in [2.24, 2.45) is 0 Å². The van der Waals surface area contributed by atoms with Crippen LogP contribution in [0.1, 0.15) is 49.9 Å². The average Bonchev–Trinajstić information content (AvgIpc) is 3.81. The Morgan fingerprint density at radius 3 is 1.70 bits per heavy atom. The molecule has 0 saturated heterocycles. The van der Waals surface area contributed by atoms with E-state index < -0.39 is 0 Å². The van der Waals surface area contributed by atoms with E-state index in [-0.39, 0.29) is 10.8 Å². The first-order valence-electron chi connectivity index (χ1n) is 19.7. The summed E-state index contributed by atoms with van der Waals surface area (Å²) in [6, 6.07) is 65.7. The summed E-state index contributed by atoms with van der Waals surface area (Å²) in [6.07, 6.45) is 0. The van der Waals surface area contributed by atoms with Gasteiger partial charge in [-0.25, -0.2) is 0 Å². The first-order valence-corrected chi connectivity index (χ1v) is 20.5. The topological polar surface area (TPSA) is 3.24 Å². The van der Waals surface area contributed by atoms with E-state index in [1.165, 1.54) is 92.6 Å². The number of anilines is 3. The van der Waals surface area contributed by atoms with Crippen LogP contribution in [0.2, 0.25) is 0 Å². The molecule has 0 amide bonds. The average molecular weight is 736 g/mol. The summed E-state index contributed by atoms with van der Waals surface area (Å²) in [5, 5.41) is 2.65. The lowest BCUT2D eigenvalue weighted by Gasteiger charge is -2.29. The molecule has 0 spiro atoms. The highest BCUT2D eigenvalue weighted by Crippen LogP contribution is 2.55. The minimum atomic E-state index is -0.100. The summed E-state index contributed by atoms with van der Waals surface area (Å²) in [4.78, 5) is 2.48. The third kappa shape index (κ3) is 4.79. The molecule has 1 aromatic heterocycles. The molecule has 11 rings (SSSR count). The van der Waals surface area contributed by atoms with Crippen LogP contribution in [-0.2, 0) is 10.8 Å². The monoisotopic (exact) mass is 735 g/mol. The standard InChI is InChI=1S/C54H41NS/c1-53(2)44-20-8-5-17-42(44)51-39(19-12-22-46(51)53)34-26-29-37(30-27-34)55(48-24-13-23-47-52(48)43-18-6-9-21-45(43)54(47,3)4)38-15-11-14-35(32-38)36-28-31-41-40-16-7-10-25-49(40)56-50(41)33-36/h5-33H,1-4H3. The molecule has 0 N–H and O–H groups in total. The Morgan fingerprint density at radius 1 is 0.375 bits per heavy atom. The predicted octanol–water partition coefficient (Wildman–Crippen LogP) is 15.5. The lowest BCUT2D eigenvalue weighted by atomic mass is 9.82. The molecule has 56 heavy (non-hydrogen) atoms. The van der Waals surface area contributed by atoms with E-state index in [0.717, 1.165) is 11.4 Å². The van der Waals surface area contributed by atoms with Gasteiger partial charge in [0.1, 0.15) is 0 Å². The summed E-state index contributed by atoms with van der Waals surface area (Å²) in [5.74, 6) is 0. The van der Waals surface area contributed by atoms with E-state index >= 15 is 0 Å². The van der Waals surface area contributed by atoms with Crippen molar-refractivity contribution in [3.8, 4) is 44.5 Å². The van der Waals surface area contributed by atoms with Crippen molar-refractivity contribution in [1.29, 1.82) is 0 Å². The molecule has 8 aromatic carbocycles. The molecule has 0 atom stereocenters. The van der Waals surface area contributed by atoms with E-state index in [0.29, 0.717) is 0 Å². The van der Waals surface area contributed by atoms with Gasteiger partial charge in [-0.05, 0) is 104 Å². The van der Waals surface area contributed by atoms with Crippen molar-refractivity contribution in [2.75, 3.05) is 4.90 Å². The highest BCUT2D eigenvalue weighted by atomic mass is 32.1. The van der Waals surface area contributed by atoms with Crippen molar-refractivity contribution in [3.63, 3.8) is 0 Å². The number of rotatable bonds is 5. The van der Waals surface area contributed by atoms with Gasteiger partial charge in [-0.1, -0.05) is 161 Å². The normalized spacial score (nSPS) is 14.4. The number of hydrogen-bond donors (Lipinski definition) is 0. The van der Waals surface area contributed by atoms with Gasteiger partial charge in [-0.15, -0.1) is 11.3 Å². The van der Waals surface area contributed by atoms with E-state index in [9.17, 15) is 0 Å². The fraction of sp³-hybridized carbons (Fsp3) is 0.111. The van der Waals surface area contributed by atoms with Gasteiger partial charge in [0.2, 0.25) is 0 Å². The molecule has 9 aromatic rings. The Bertz CT molecular complexity index is 3030. The maximum atomic E-state index is 2.48. The Hall–Kier alpha value is -6.22. The first kappa shape index (κ1) is 33.1. The molecule has 0 fully saturated rings. The maximum Gasteiger partial charge on any atom is 0.0543 e. The van der Waals surface area contributed by atoms with Crippen LogP contribution >= 0.6 is 11.3 Å². The summed E-state index contributed by atoms with van der Waals surface area (Å²) in [5.41, 5.74) is 19.2. The summed E-state index contributed by atoms with van der Waals surface area (Å²) in [7, 11) is 0. The number of fused-ring (bicyclic) bond motifs is 9. The Labute approximate surface area is 333 Å². The highest BCUT2D eigenvalue weighted by molar-refractivity contribution is 7.25. The van der Waals surface area contributed by atoms with E-state index in [4.69, 9.17) is 0 Å². The molecule has 2 heteroatoms. The molecule has 0 saturated carbocycles. The second kappa shape index (κ2) is 12.1. The zero-order valence-corrected chi connectivity index (χ0v) is 32.9. The molecule has 0 radical (unpaired) electrons. The van der Waals surface area contributed by atoms with Crippen molar-refractivity contribution in [1.82, 2.24) is 0 Å². The van der Waals surface area contributed by atoms with Gasteiger partial charge in [0, 0.05) is 47.9 Å². The van der Waals surface area contributed by atoms with Gasteiger partial charge in [0.15, 0.2) is 0 Å². The third-order valence-electron chi connectivity index (χ3n) is 12.7. The Morgan fingerprint density at radius 2 is 0.929 bits per heavy atom. The molecular weight excluding hydrogens is 695 g/mol. The quantitative estimate of drug-likeness (QED) is 0.170. The molecule has 2 aliphatic carbocycles. The zero-order valence-electron chi connectivity index (χ0n) is 32.1. The Kier molecular flexibility index (Phi) is 7.18. The summed E-state index contributed by atoms with van der Waals surface area (Å²) < 4.78 is 2.65. The van der Waals surface area contributed by atoms with Crippen LogP contribution in [0.5, 0.6) is 0 Å². The second-order valence-electron chi connectivity index (χ2n) is 16.5. The van der Waals surface area contributed by atoms with Gasteiger partial charge in [0.25, 0.3) is 0 Å². The van der Waals surface area contributed by atoms with Crippen LogP contribution < -0.4 is 4.90 Å². The lowest BCUT2D eigenvalue weighted by Crippen LogP contribution is -2.16. The number of nitrogens with zero attached hydrogens (tertiary/aromatic N) is 1. The molecule has 0 bridgehead atoms. The maximum absolute atomic E-state index is 2.48. The molecule has 1 heterocycles. The zero-order chi connectivity index (χ0) is 37.8. The minimum absolute atomic E-state index is 0.0387. The van der Waals surface area contributed by atoms with Gasteiger partial charge >= 0.3 is 0 Å². The van der Waals surface area contributed by atoms with Crippen molar-refractivity contribution >= 4 is 48.6 Å². The van der Waals surface area contributed by atoms with E-state index in [1.54, 1.807) is 0 Å². The largest absolute Gasteiger partial charge is 0.310 e. The van der Waals surface area contributed by atoms with Gasteiger partial charge in [0.05, 0.1) is 5.69 Å². The predicted molar refractivity (Wildman–Crippen MR) is 240 cm³/mol. The van der Waals surface area contributed by atoms with E-state index in [1.807, 2.05) is 11.3 Å². The lowest BCUT2D eigenvalue weighted by molar-refractivity contribution is 0.660. The fourth-order valence-corrected chi connectivity index (χ4v) is 11.0. The number of hydrogen-bond acceptors (Lipinski definition) is 2.